The van der Waals surface area contributed by atoms with Gasteiger partial charge in [-0.2, -0.15) is 0 Å². The zero-order chi connectivity index (χ0) is 80.2. The first kappa shape index (κ1) is 70.2. The Labute approximate surface area is 695 Å². The maximum Gasteiger partial charge on any atom is 0.227 e. The molecule has 121 heavy (non-hydrogen) atoms. The minimum atomic E-state index is -0.138. The van der Waals surface area contributed by atoms with Gasteiger partial charge in [0, 0.05) is 98.9 Å². The molecule has 24 rings (SSSR count). The van der Waals surface area contributed by atoms with Crippen LogP contribution < -0.4 is 0 Å². The molecular weight excluding hydrogens is 1480 g/mol. The highest BCUT2D eigenvalue weighted by molar-refractivity contribution is 6.29. The van der Waals surface area contributed by atoms with Crippen molar-refractivity contribution in [3.63, 3.8) is 0 Å². The van der Waals surface area contributed by atoms with E-state index in [4.69, 9.17) is 49.3 Å². The normalized spacial score (nSPS) is 12.3. The van der Waals surface area contributed by atoms with E-state index in [1.54, 1.807) is 0 Å². The molecule has 1 aliphatic rings. The van der Waals surface area contributed by atoms with Gasteiger partial charge in [-0.1, -0.05) is 299 Å². The lowest BCUT2D eigenvalue weighted by Crippen LogP contribution is -2.14. The van der Waals surface area contributed by atoms with Crippen LogP contribution in [0.2, 0.25) is 0 Å². The van der Waals surface area contributed by atoms with Crippen LogP contribution in [0.5, 0.6) is 0 Å². The van der Waals surface area contributed by atoms with Gasteiger partial charge in [0.05, 0.1) is 55.7 Å². The Morgan fingerprint density at radius 1 is 0.240 bits per heavy atom. The monoisotopic (exact) mass is 1550 g/mol. The van der Waals surface area contributed by atoms with E-state index in [-0.39, 0.29) is 5.41 Å². The number of oxazole rings is 1. The quantitative estimate of drug-likeness (QED) is 0.116. The van der Waals surface area contributed by atoms with Crippen molar-refractivity contribution in [2.45, 2.75) is 19.3 Å². The zero-order valence-electron chi connectivity index (χ0n) is 65.7. The summed E-state index contributed by atoms with van der Waals surface area (Å²) in [5, 5.41) is 8.18. The van der Waals surface area contributed by atoms with Crippen LogP contribution in [0.15, 0.2) is 393 Å². The fourth-order valence-corrected chi connectivity index (χ4v) is 18.1. The Balaban J connectivity index is 0.000000141. The molecule has 13 nitrogen and oxygen atoms in total. The van der Waals surface area contributed by atoms with Gasteiger partial charge in [-0.05, 0) is 125 Å². The summed E-state index contributed by atoms with van der Waals surface area (Å²) in [6.45, 7) is 4.68. The van der Waals surface area contributed by atoms with Crippen molar-refractivity contribution in [1.82, 2.24) is 58.6 Å². The molecule has 0 bridgehead atoms. The third-order valence-electron chi connectivity index (χ3n) is 23.7. The first-order valence-electron chi connectivity index (χ1n) is 40.7. The number of benzene rings is 16. The van der Waals surface area contributed by atoms with Crippen molar-refractivity contribution >= 4 is 87.4 Å². The molecule has 0 saturated carbocycles. The summed E-state index contributed by atoms with van der Waals surface area (Å²) in [4.78, 5) is 46.6. The van der Waals surface area contributed by atoms with Crippen LogP contribution in [0.3, 0.4) is 0 Å². The standard InChI is InChI=1S/C56H38N6.C52H32N6O/c1-56(2)43-27-15-12-24-39(43)49-44(56)31-33-48-50(49)41-26-14-17-29-46(41)62(48)47-32-30-38(54-57-45-28-16-13-25-40(45)51(58-54)35-18-6-3-7-19-35)34-42(47)55-60-52(36-20-8-4-9-21-36)59-53(61-55)37-22-10-5-11-23-37;1-4-16-33(17-5-1)49-54-50(34-18-6-2-7-19-34)56-51(55-49)39-32-35(52-53-40-24-12-15-27-46(40)59-52)28-29-43(39)58-42-26-14-11-23-38(42)48-45(58)31-30-44-47(48)37-22-10-13-25-41(37)57(44)36-20-8-3-9-21-36/h3-34H,1-2H3;1-32H. The second-order valence-corrected chi connectivity index (χ2v) is 31.1. The average molecular weight is 1550 g/mol. The van der Waals surface area contributed by atoms with Crippen LogP contribution in [0, 0.1) is 0 Å². The van der Waals surface area contributed by atoms with Crippen LogP contribution in [0.4, 0.5) is 0 Å². The van der Waals surface area contributed by atoms with Crippen LogP contribution >= 0.6 is 0 Å². The summed E-state index contributed by atoms with van der Waals surface area (Å²) in [5.41, 5.74) is 26.0. The van der Waals surface area contributed by atoms with Crippen molar-refractivity contribution < 1.29 is 4.42 Å². The van der Waals surface area contributed by atoms with E-state index in [0.717, 1.165) is 133 Å². The van der Waals surface area contributed by atoms with Crippen LogP contribution in [0.1, 0.15) is 25.0 Å². The smallest absolute Gasteiger partial charge is 0.227 e. The van der Waals surface area contributed by atoms with Gasteiger partial charge in [0.1, 0.15) is 5.52 Å². The van der Waals surface area contributed by atoms with Crippen LogP contribution in [-0.4, -0.2) is 58.6 Å². The maximum absolute atomic E-state index is 6.36. The fraction of sp³-hybridized carbons (Fsp3) is 0.0278. The van der Waals surface area contributed by atoms with Gasteiger partial charge in [0.2, 0.25) is 5.89 Å². The van der Waals surface area contributed by atoms with Crippen molar-refractivity contribution in [3.05, 3.63) is 399 Å². The van der Waals surface area contributed by atoms with Gasteiger partial charge in [-0.15, -0.1) is 0 Å². The highest BCUT2D eigenvalue weighted by Gasteiger charge is 2.38. The van der Waals surface area contributed by atoms with Crippen molar-refractivity contribution in [1.29, 1.82) is 0 Å². The van der Waals surface area contributed by atoms with E-state index >= 15 is 0 Å². The minimum Gasteiger partial charge on any atom is -0.436 e. The summed E-state index contributed by atoms with van der Waals surface area (Å²) >= 11 is 0. The molecule has 0 amide bonds. The Morgan fingerprint density at radius 3 is 1.17 bits per heavy atom. The number of rotatable bonds is 12. The van der Waals surface area contributed by atoms with E-state index in [0.29, 0.717) is 46.7 Å². The molecule has 7 heterocycles. The molecule has 1 aliphatic carbocycles. The van der Waals surface area contributed by atoms with Crippen molar-refractivity contribution in [2.75, 3.05) is 0 Å². The Morgan fingerprint density at radius 2 is 0.628 bits per heavy atom. The third-order valence-corrected chi connectivity index (χ3v) is 23.7. The first-order valence-corrected chi connectivity index (χ1v) is 40.7. The Hall–Kier alpha value is -16.3. The molecule has 0 unspecified atom stereocenters. The first-order chi connectivity index (χ1) is 59.8. The number of aromatic nitrogens is 12. The molecular formula is C108H70N12O. The van der Waals surface area contributed by atoms with Gasteiger partial charge >= 0.3 is 0 Å². The molecule has 0 spiro atoms. The van der Waals surface area contributed by atoms with Gasteiger partial charge in [-0.3, -0.25) is 0 Å². The van der Waals surface area contributed by atoms with Gasteiger partial charge in [0.15, 0.2) is 46.4 Å². The summed E-state index contributed by atoms with van der Waals surface area (Å²) in [6.07, 6.45) is 0. The van der Waals surface area contributed by atoms with E-state index in [9.17, 15) is 0 Å². The molecule has 0 saturated heterocycles. The molecule has 13 heteroatoms. The van der Waals surface area contributed by atoms with Crippen molar-refractivity contribution in [3.8, 4) is 131 Å². The average Bonchev–Trinajstić information content (AvgIpc) is 1.55. The molecule has 0 N–H and O–H groups in total. The van der Waals surface area contributed by atoms with Gasteiger partial charge in [0.25, 0.3) is 0 Å². The van der Waals surface area contributed by atoms with Crippen LogP contribution in [-0.2, 0) is 5.41 Å². The maximum atomic E-state index is 6.36. The van der Waals surface area contributed by atoms with E-state index in [1.165, 1.54) is 49.2 Å². The second kappa shape index (κ2) is 28.6. The molecule has 0 radical (unpaired) electrons. The molecule has 0 aliphatic heterocycles. The number of nitrogens with zero attached hydrogens (tertiary/aromatic N) is 12. The number of hydrogen-bond donors (Lipinski definition) is 0. The Bertz CT molecular complexity index is 7890. The predicted octanol–water partition coefficient (Wildman–Crippen LogP) is 26.4. The van der Waals surface area contributed by atoms with Gasteiger partial charge in [-0.25, -0.2) is 44.9 Å². The Kier molecular flexibility index (Phi) is 16.6. The fourth-order valence-electron chi connectivity index (χ4n) is 18.1. The molecule has 23 aromatic rings. The second-order valence-electron chi connectivity index (χ2n) is 31.1. The van der Waals surface area contributed by atoms with E-state index in [1.807, 2.05) is 164 Å². The summed E-state index contributed by atoms with van der Waals surface area (Å²) < 4.78 is 13.5. The number of para-hydroxylation sites is 7. The van der Waals surface area contributed by atoms with E-state index in [2.05, 4.69) is 252 Å². The highest BCUT2D eigenvalue weighted by atomic mass is 16.3. The lowest BCUT2D eigenvalue weighted by Gasteiger charge is -2.21. The number of hydrogen-bond acceptors (Lipinski definition) is 10. The van der Waals surface area contributed by atoms with E-state index < -0.39 is 0 Å². The molecule has 16 aromatic carbocycles. The topological polar surface area (TPSA) is 144 Å². The molecule has 7 aromatic heterocycles. The van der Waals surface area contributed by atoms with Crippen LogP contribution in [0.25, 0.3) is 218 Å². The lowest BCUT2D eigenvalue weighted by molar-refractivity contribution is 0.620. The van der Waals surface area contributed by atoms with Gasteiger partial charge < -0.3 is 18.1 Å². The predicted molar refractivity (Wildman–Crippen MR) is 490 cm³/mol. The largest absolute Gasteiger partial charge is 0.436 e. The lowest BCUT2D eigenvalue weighted by atomic mass is 9.82. The summed E-state index contributed by atoms with van der Waals surface area (Å²) in [7, 11) is 0. The third kappa shape index (κ3) is 11.8. The SMILES string of the molecule is CC1(C)c2ccccc2-c2c1ccc1c2c2ccccc2n1-c1ccc(-c2nc(-c3ccccc3)c3ccccc3n2)cc1-c1nc(-c2ccccc2)nc(-c2ccccc2)n1.c1ccc(-c2nc(-c3ccccc3)nc(-c3cc(-c4nc5ccccc5o4)ccc3-n3c4ccccc4c4c5c6ccccc6n(-c6ccccc6)c5ccc43)n2)cc1. The molecule has 0 fully saturated rings. The summed E-state index contributed by atoms with van der Waals surface area (Å²) in [5.74, 6) is 4.61. The number of fused-ring (bicyclic) bond motifs is 16. The zero-order valence-corrected chi connectivity index (χ0v) is 65.7. The molecule has 0 atom stereocenters. The van der Waals surface area contributed by atoms with Crippen molar-refractivity contribution in [2.24, 2.45) is 0 Å². The molecule has 568 valence electrons. The summed E-state index contributed by atoms with van der Waals surface area (Å²) in [6, 6.07) is 134. The highest BCUT2D eigenvalue weighted by Crippen LogP contribution is 2.54. The minimum absolute atomic E-state index is 0.138.